The molecule has 1 N–H and O–H groups in total. The van der Waals surface area contributed by atoms with E-state index in [1.165, 1.54) is 42.8 Å². The van der Waals surface area contributed by atoms with Crippen LogP contribution >= 0.6 is 11.6 Å². The van der Waals surface area contributed by atoms with E-state index in [9.17, 15) is 0 Å². The van der Waals surface area contributed by atoms with Crippen LogP contribution < -0.4 is 23.6 Å². The van der Waals surface area contributed by atoms with Gasteiger partial charge in [0.1, 0.15) is 5.70 Å². The van der Waals surface area contributed by atoms with Gasteiger partial charge in [0.15, 0.2) is 5.50 Å². The van der Waals surface area contributed by atoms with Crippen LogP contribution in [0.25, 0.3) is 0 Å². The third-order valence-corrected chi connectivity index (χ3v) is 4.10. The molecular formula is C11H20Cl2N2O4. The number of rotatable bonds is 1. The molecule has 1 saturated carbocycles. The van der Waals surface area contributed by atoms with Gasteiger partial charge >= 0.3 is 0 Å². The molecule has 19 heavy (non-hydrogen) atoms. The van der Waals surface area contributed by atoms with Crippen LogP contribution in [0.5, 0.6) is 0 Å². The summed E-state index contributed by atoms with van der Waals surface area (Å²) >= 11 is 6.20. The first-order valence-corrected chi connectivity index (χ1v) is 7.91. The van der Waals surface area contributed by atoms with Crippen LogP contribution in [0.3, 0.4) is 0 Å². The second-order valence-corrected chi connectivity index (χ2v) is 6.11. The lowest BCUT2D eigenvalue weighted by molar-refractivity contribution is -2.00. The summed E-state index contributed by atoms with van der Waals surface area (Å²) in [6, 6.07) is 0. The van der Waals surface area contributed by atoms with Crippen LogP contribution in [0.15, 0.2) is 11.8 Å². The zero-order valence-corrected chi connectivity index (χ0v) is 12.6. The molecule has 2 rings (SSSR count). The molecule has 0 aromatic carbocycles. The van der Waals surface area contributed by atoms with Gasteiger partial charge in [-0.3, -0.25) is 0 Å². The highest BCUT2D eigenvalue weighted by atomic mass is 35.7. The number of allylic oxidation sites excluding steroid dienone is 1. The minimum absolute atomic E-state index is 0.0897. The quantitative estimate of drug-likeness (QED) is 0.402. The van der Waals surface area contributed by atoms with Gasteiger partial charge in [0.2, 0.25) is 0 Å². The summed E-state index contributed by atoms with van der Waals surface area (Å²) in [7, 11) is -0.665. The van der Waals surface area contributed by atoms with Gasteiger partial charge in [-0.2, -0.15) is 0 Å². The van der Waals surface area contributed by atoms with Crippen molar-refractivity contribution in [2.75, 3.05) is 14.1 Å². The van der Waals surface area contributed by atoms with Crippen molar-refractivity contribution >= 4 is 11.6 Å². The van der Waals surface area contributed by atoms with E-state index in [0.29, 0.717) is 0 Å². The lowest BCUT2D eigenvalue weighted by atomic mass is 9.87. The number of quaternary nitrogens is 1. The Morgan fingerprint density at radius 2 is 1.68 bits per heavy atom. The van der Waals surface area contributed by atoms with E-state index in [-0.39, 0.29) is 5.50 Å². The van der Waals surface area contributed by atoms with Crippen LogP contribution in [0.1, 0.15) is 32.1 Å². The second kappa shape index (κ2) is 7.19. The molecule has 1 fully saturated rings. The van der Waals surface area contributed by atoms with Crippen molar-refractivity contribution in [1.29, 1.82) is 0 Å². The third-order valence-electron chi connectivity index (χ3n) is 3.68. The van der Waals surface area contributed by atoms with Gasteiger partial charge < -0.3 is 0 Å². The standard InChI is InChI=1S/C11H19ClN2.ClHO4/c1-13-10(8-11(12)14(13)2)9-6-4-3-5-7-9;2-1(3,4)5/h8-9,11H,3-7H2,1-2H3;(H,2,3,4,5). The van der Waals surface area contributed by atoms with Gasteiger partial charge in [-0.15, -0.1) is 15.3 Å². The number of halogens is 2. The molecule has 0 aromatic heterocycles. The minimum Gasteiger partial charge on any atom is -0.227 e. The molecule has 0 saturated heterocycles. The molecule has 2 aliphatic rings. The summed E-state index contributed by atoms with van der Waals surface area (Å²) < 4.78 is 34.0. The first-order valence-electron chi connectivity index (χ1n) is 6.24. The second-order valence-electron chi connectivity index (χ2n) is 4.90. The van der Waals surface area contributed by atoms with Crippen LogP contribution in [-0.2, 0) is 0 Å². The topological polar surface area (TPSA) is 99.9 Å². The van der Waals surface area contributed by atoms with Crippen LogP contribution in [0, 0.1) is 16.2 Å². The minimum atomic E-state index is -4.94. The smallest absolute Gasteiger partial charge is 0.156 e. The van der Waals surface area contributed by atoms with Crippen LogP contribution in [-0.4, -0.2) is 24.6 Å². The summed E-state index contributed by atoms with van der Waals surface area (Å²) in [5.41, 5.74) is 1.61. The van der Waals surface area contributed by atoms with Gasteiger partial charge in [-0.05, 0) is 12.8 Å². The van der Waals surface area contributed by atoms with E-state index >= 15 is 0 Å². The highest BCUT2D eigenvalue weighted by Crippen LogP contribution is 2.29. The number of nitrogens with one attached hydrogen (secondary N) is 1. The molecular weight excluding hydrogens is 295 g/mol. The molecule has 1 aliphatic carbocycles. The molecule has 112 valence electrons. The van der Waals surface area contributed by atoms with E-state index in [0.717, 1.165) is 5.92 Å². The average Bonchev–Trinajstić information content (AvgIpc) is 2.56. The van der Waals surface area contributed by atoms with Crippen molar-refractivity contribution in [3.05, 3.63) is 11.8 Å². The Kier molecular flexibility index (Phi) is 6.49. The first kappa shape index (κ1) is 17.1. The van der Waals surface area contributed by atoms with Gasteiger partial charge in [-0.25, -0.2) is 23.6 Å². The Morgan fingerprint density at radius 3 is 2.05 bits per heavy atom. The maximum atomic E-state index is 8.49. The van der Waals surface area contributed by atoms with E-state index in [1.54, 1.807) is 0 Å². The van der Waals surface area contributed by atoms with Gasteiger partial charge in [0, 0.05) is 19.0 Å². The third kappa shape index (κ3) is 5.93. The van der Waals surface area contributed by atoms with Gasteiger partial charge in [-0.1, -0.05) is 30.9 Å². The van der Waals surface area contributed by atoms with Crippen LogP contribution in [0.4, 0.5) is 0 Å². The highest BCUT2D eigenvalue weighted by molar-refractivity contribution is 6.21. The van der Waals surface area contributed by atoms with Crippen molar-refractivity contribution in [3.8, 4) is 0 Å². The normalized spacial score (nSPS) is 29.7. The van der Waals surface area contributed by atoms with Crippen molar-refractivity contribution in [1.82, 2.24) is 5.01 Å². The van der Waals surface area contributed by atoms with E-state index < -0.39 is 10.2 Å². The number of alkyl halides is 1. The van der Waals surface area contributed by atoms with Crippen molar-refractivity contribution in [2.45, 2.75) is 37.6 Å². The Hall–Kier alpha value is 0.0800. The van der Waals surface area contributed by atoms with Crippen molar-refractivity contribution in [3.63, 3.8) is 0 Å². The fourth-order valence-corrected chi connectivity index (χ4v) is 2.90. The Labute approximate surface area is 120 Å². The molecule has 1 aliphatic heterocycles. The first-order chi connectivity index (χ1) is 8.70. The number of likely N-dealkylation sites (N-methyl/N-ethyl adjacent to an activating group) is 1. The number of nitrogens with zero attached hydrogens (tertiary/aromatic N) is 1. The SMILES string of the molecule is CN1C(Cl)C=C(C2CCCCC2)[NH+]1C.[O-][Cl+3]([O-])([O-])[O-]. The Balaban J connectivity index is 0.000000312. The fourth-order valence-electron chi connectivity index (χ4n) is 2.61. The average molecular weight is 315 g/mol. The van der Waals surface area contributed by atoms with E-state index in [4.69, 9.17) is 30.2 Å². The predicted molar refractivity (Wildman–Crippen MR) is 58.9 cm³/mol. The predicted octanol–water partition coefficient (Wildman–Crippen LogP) is -3.37. The summed E-state index contributed by atoms with van der Waals surface area (Å²) in [4.78, 5) is 0. The van der Waals surface area contributed by atoms with E-state index in [1.807, 2.05) is 0 Å². The summed E-state index contributed by atoms with van der Waals surface area (Å²) in [5, 5.41) is 3.56. The molecule has 0 amide bonds. The molecule has 6 nitrogen and oxygen atoms in total. The molecule has 1 heterocycles. The molecule has 2 atom stereocenters. The van der Waals surface area contributed by atoms with E-state index in [2.05, 4.69) is 25.2 Å². The Bertz CT molecular complexity index is 310. The monoisotopic (exact) mass is 314 g/mol. The number of hydrogen-bond acceptors (Lipinski definition) is 5. The molecule has 2 unspecified atom stereocenters. The van der Waals surface area contributed by atoms with Crippen molar-refractivity contribution in [2.24, 2.45) is 5.92 Å². The maximum absolute atomic E-state index is 8.49. The molecule has 0 radical (unpaired) electrons. The van der Waals surface area contributed by atoms with Gasteiger partial charge in [0.25, 0.3) is 0 Å². The summed E-state index contributed by atoms with van der Waals surface area (Å²) in [6.07, 6.45) is 9.18. The fraction of sp³-hybridized carbons (Fsp3) is 0.818. The summed E-state index contributed by atoms with van der Waals surface area (Å²) in [6.45, 7) is 0. The highest BCUT2D eigenvalue weighted by Gasteiger charge is 2.35. The van der Waals surface area contributed by atoms with Crippen molar-refractivity contribution < 1.29 is 33.9 Å². The molecule has 0 bridgehead atoms. The molecule has 0 aromatic rings. The maximum Gasteiger partial charge on any atom is 0.156 e. The summed E-state index contributed by atoms with van der Waals surface area (Å²) in [5.74, 6) is 0.787. The zero-order valence-electron chi connectivity index (χ0n) is 11.1. The lowest BCUT2D eigenvalue weighted by Gasteiger charge is -2.26. The zero-order chi connectivity index (χ0) is 14.6. The molecule has 0 spiro atoms. The number of hydrogen-bond donors (Lipinski definition) is 1. The Morgan fingerprint density at radius 1 is 1.21 bits per heavy atom. The lowest BCUT2D eigenvalue weighted by Crippen LogP contribution is -3.12. The largest absolute Gasteiger partial charge is 0.227 e. The van der Waals surface area contributed by atoms with Crippen LogP contribution in [0.2, 0.25) is 0 Å². The molecule has 8 heteroatoms. The van der Waals surface area contributed by atoms with Gasteiger partial charge in [0.05, 0.1) is 7.05 Å².